The molecule has 48 heavy (non-hydrogen) atoms. The van der Waals surface area contributed by atoms with Crippen LogP contribution in [0.15, 0.2) is 18.2 Å². The van der Waals surface area contributed by atoms with E-state index < -0.39 is 29.1 Å². The Kier molecular flexibility index (Phi) is 10.9. The zero-order chi connectivity index (χ0) is 34.8. The van der Waals surface area contributed by atoms with Crippen molar-refractivity contribution in [3.63, 3.8) is 0 Å². The molecule has 1 aromatic rings. The molecule has 266 valence electrons. The molecule has 4 amide bonds. The highest BCUT2D eigenvalue weighted by molar-refractivity contribution is 6.04. The molecular formula is C36H54N4O8. The maximum Gasteiger partial charge on any atom is 0.410 e. The van der Waals surface area contributed by atoms with Crippen LogP contribution >= 0.6 is 0 Å². The minimum absolute atomic E-state index is 0.0104. The van der Waals surface area contributed by atoms with Gasteiger partial charge in [-0.3, -0.25) is 14.4 Å². The summed E-state index contributed by atoms with van der Waals surface area (Å²) in [4.78, 5) is 60.2. The SMILES string of the molecule is CCO[C@H]1CCC[C@@H]1NC(=O)[C@H]1C[C@@H](C(=O)N(c2ccc3c(c2)N(CCCOC)C(=O)C(C)(C)O3)C2CC2)CN(C(=O)OC(C)(C)C)C1. The summed E-state index contributed by atoms with van der Waals surface area (Å²) in [6.45, 7) is 12.7. The van der Waals surface area contributed by atoms with Crippen LogP contribution in [-0.2, 0) is 28.6 Å². The number of nitrogens with zero attached hydrogens (tertiary/aromatic N) is 3. The lowest BCUT2D eigenvalue weighted by atomic mass is 9.87. The van der Waals surface area contributed by atoms with Crippen LogP contribution in [-0.4, -0.2) is 98.1 Å². The lowest BCUT2D eigenvalue weighted by molar-refractivity contribution is -0.133. The molecule has 2 aliphatic heterocycles. The van der Waals surface area contributed by atoms with Crippen LogP contribution in [0.25, 0.3) is 0 Å². The number of ether oxygens (including phenoxy) is 4. The van der Waals surface area contributed by atoms with Gasteiger partial charge in [0.1, 0.15) is 11.4 Å². The van der Waals surface area contributed by atoms with Crippen LogP contribution in [0.1, 0.15) is 86.5 Å². The molecule has 0 radical (unpaired) electrons. The molecule has 2 heterocycles. The Bertz CT molecular complexity index is 1360. The number of anilines is 2. The molecule has 12 heteroatoms. The third kappa shape index (κ3) is 8.25. The average molecular weight is 671 g/mol. The fourth-order valence-corrected chi connectivity index (χ4v) is 7.09. The van der Waals surface area contributed by atoms with Gasteiger partial charge in [0, 0.05) is 51.7 Å². The first kappa shape index (κ1) is 35.9. The van der Waals surface area contributed by atoms with Gasteiger partial charge in [-0.05, 0) is 105 Å². The number of hydrogen-bond acceptors (Lipinski definition) is 8. The van der Waals surface area contributed by atoms with Gasteiger partial charge in [-0.2, -0.15) is 0 Å². The summed E-state index contributed by atoms with van der Waals surface area (Å²) in [7, 11) is 1.63. The first-order valence-electron chi connectivity index (χ1n) is 17.6. The number of benzene rings is 1. The third-order valence-electron chi connectivity index (χ3n) is 9.50. The summed E-state index contributed by atoms with van der Waals surface area (Å²) in [5.74, 6) is -1.11. The Morgan fingerprint density at radius 2 is 1.81 bits per heavy atom. The standard InChI is InChI=1S/C36H54N4O8/c1-8-46-29-12-9-11-27(29)37-31(41)23-19-24(22-38(21-23)34(44)48-35(2,3)4)32(42)40(25-13-14-25)26-15-16-30-28(20-26)39(17-10-18-45-7)33(43)36(5,6)47-30/h15-16,20,23-25,27,29H,8-14,17-19,21-22H2,1-7H3,(H,37,41)/t23-,24+,27-,29-/m0/s1. The summed E-state index contributed by atoms with van der Waals surface area (Å²) < 4.78 is 23.0. The summed E-state index contributed by atoms with van der Waals surface area (Å²) in [5.41, 5.74) is -0.484. The molecule has 0 bridgehead atoms. The molecule has 1 saturated heterocycles. The molecule has 1 N–H and O–H groups in total. The predicted octanol–water partition coefficient (Wildman–Crippen LogP) is 4.67. The molecule has 4 aliphatic rings. The summed E-state index contributed by atoms with van der Waals surface area (Å²) in [6.07, 6.45) is 4.76. The number of fused-ring (bicyclic) bond motifs is 1. The first-order chi connectivity index (χ1) is 22.7. The first-order valence-corrected chi connectivity index (χ1v) is 17.6. The van der Waals surface area contributed by atoms with Crippen molar-refractivity contribution in [2.75, 3.05) is 49.8 Å². The number of rotatable bonds is 11. The Hall–Kier alpha value is -3.38. The molecule has 0 aromatic heterocycles. The van der Waals surface area contributed by atoms with Crippen molar-refractivity contribution in [1.29, 1.82) is 0 Å². The highest BCUT2D eigenvalue weighted by atomic mass is 16.6. The van der Waals surface area contributed by atoms with E-state index >= 15 is 0 Å². The van der Waals surface area contributed by atoms with Gasteiger partial charge in [-0.1, -0.05) is 0 Å². The minimum atomic E-state index is -1.03. The zero-order valence-electron chi connectivity index (χ0n) is 29.7. The molecule has 0 spiro atoms. The van der Waals surface area contributed by atoms with Crippen molar-refractivity contribution in [2.45, 2.75) is 116 Å². The highest BCUT2D eigenvalue weighted by Gasteiger charge is 2.45. The number of hydrogen-bond donors (Lipinski definition) is 1. The van der Waals surface area contributed by atoms with Crippen LogP contribution in [0.4, 0.5) is 16.2 Å². The molecule has 3 fully saturated rings. The molecule has 1 aromatic carbocycles. The number of nitrogens with one attached hydrogen (secondary N) is 1. The van der Waals surface area contributed by atoms with E-state index in [0.717, 1.165) is 32.1 Å². The zero-order valence-corrected chi connectivity index (χ0v) is 29.7. The van der Waals surface area contributed by atoms with E-state index in [0.29, 0.717) is 49.7 Å². The van der Waals surface area contributed by atoms with Gasteiger partial charge in [-0.25, -0.2) is 4.79 Å². The van der Waals surface area contributed by atoms with Gasteiger partial charge in [-0.15, -0.1) is 0 Å². The van der Waals surface area contributed by atoms with Crippen molar-refractivity contribution >= 4 is 35.2 Å². The Morgan fingerprint density at radius 1 is 1.08 bits per heavy atom. The maximum atomic E-state index is 14.6. The fraction of sp³-hybridized carbons (Fsp3) is 0.722. The van der Waals surface area contributed by atoms with E-state index in [1.54, 1.807) is 51.5 Å². The summed E-state index contributed by atoms with van der Waals surface area (Å²) in [6, 6.07) is 5.44. The van der Waals surface area contributed by atoms with E-state index in [-0.39, 0.29) is 49.0 Å². The Labute approximate surface area is 284 Å². The Morgan fingerprint density at radius 3 is 2.48 bits per heavy atom. The normalized spacial score (nSPS) is 25.3. The molecule has 4 atom stereocenters. The molecule has 0 unspecified atom stereocenters. The van der Waals surface area contributed by atoms with Crippen LogP contribution in [0, 0.1) is 11.8 Å². The fourth-order valence-electron chi connectivity index (χ4n) is 7.09. The number of carbonyl (C=O) groups excluding carboxylic acids is 4. The van der Waals surface area contributed by atoms with Gasteiger partial charge in [0.25, 0.3) is 5.91 Å². The average Bonchev–Trinajstić information content (AvgIpc) is 3.77. The van der Waals surface area contributed by atoms with E-state index in [1.165, 1.54) is 4.90 Å². The largest absolute Gasteiger partial charge is 0.476 e. The molecule has 2 aliphatic carbocycles. The molecular weight excluding hydrogens is 616 g/mol. The van der Waals surface area contributed by atoms with E-state index in [1.807, 2.05) is 25.1 Å². The summed E-state index contributed by atoms with van der Waals surface area (Å²) in [5, 5.41) is 3.19. The van der Waals surface area contributed by atoms with Crippen LogP contribution in [0.3, 0.4) is 0 Å². The monoisotopic (exact) mass is 670 g/mol. The van der Waals surface area contributed by atoms with E-state index in [2.05, 4.69) is 5.32 Å². The van der Waals surface area contributed by atoms with E-state index in [9.17, 15) is 19.2 Å². The van der Waals surface area contributed by atoms with Crippen molar-refractivity contribution in [1.82, 2.24) is 10.2 Å². The lowest BCUT2D eigenvalue weighted by Gasteiger charge is -2.40. The number of piperidine rings is 1. The van der Waals surface area contributed by atoms with Gasteiger partial charge in [0.05, 0.1) is 29.7 Å². The van der Waals surface area contributed by atoms with Gasteiger partial charge in [0.2, 0.25) is 11.8 Å². The maximum absolute atomic E-state index is 14.6. The van der Waals surface area contributed by atoms with Crippen LogP contribution < -0.4 is 19.9 Å². The van der Waals surface area contributed by atoms with Crippen LogP contribution in [0.5, 0.6) is 5.75 Å². The highest BCUT2D eigenvalue weighted by Crippen LogP contribution is 2.43. The van der Waals surface area contributed by atoms with Crippen molar-refractivity contribution < 1.29 is 38.1 Å². The molecule has 5 rings (SSSR count). The quantitative estimate of drug-likeness (QED) is 0.337. The van der Waals surface area contributed by atoms with Crippen LogP contribution in [0.2, 0.25) is 0 Å². The predicted molar refractivity (Wildman–Crippen MR) is 181 cm³/mol. The minimum Gasteiger partial charge on any atom is -0.476 e. The molecule has 2 saturated carbocycles. The van der Waals surface area contributed by atoms with Crippen molar-refractivity contribution in [2.24, 2.45) is 11.8 Å². The number of carbonyl (C=O) groups is 4. The van der Waals surface area contributed by atoms with Crippen molar-refractivity contribution in [3.05, 3.63) is 18.2 Å². The molecule has 12 nitrogen and oxygen atoms in total. The smallest absolute Gasteiger partial charge is 0.410 e. The van der Waals surface area contributed by atoms with Gasteiger partial charge in [0.15, 0.2) is 5.60 Å². The number of amides is 4. The second-order valence-electron chi connectivity index (χ2n) is 15.1. The second-order valence-corrected chi connectivity index (χ2v) is 15.1. The second kappa shape index (κ2) is 14.6. The Balaban J connectivity index is 1.41. The van der Waals surface area contributed by atoms with Crippen molar-refractivity contribution in [3.8, 4) is 5.75 Å². The third-order valence-corrected chi connectivity index (χ3v) is 9.50. The number of likely N-dealkylation sites (tertiary alicyclic amines) is 1. The lowest BCUT2D eigenvalue weighted by Crippen LogP contribution is -2.55. The van der Waals surface area contributed by atoms with Gasteiger partial charge >= 0.3 is 6.09 Å². The van der Waals surface area contributed by atoms with E-state index in [4.69, 9.17) is 18.9 Å². The topological polar surface area (TPSA) is 127 Å². The number of methoxy groups -OCH3 is 1. The summed E-state index contributed by atoms with van der Waals surface area (Å²) >= 11 is 0. The van der Waals surface area contributed by atoms with Gasteiger partial charge < -0.3 is 39.0 Å².